The molecule has 0 aliphatic heterocycles. The van der Waals surface area contributed by atoms with Gasteiger partial charge in [-0.25, -0.2) is 0 Å². The Bertz CT molecular complexity index is 812. The molecule has 144 valence electrons. The third-order valence-electron chi connectivity index (χ3n) is 5.19. The third kappa shape index (κ3) is 4.17. The van der Waals surface area contributed by atoms with E-state index >= 15 is 0 Å². The van der Waals surface area contributed by atoms with E-state index in [4.69, 9.17) is 0 Å². The number of para-hydroxylation sites is 3. The van der Waals surface area contributed by atoms with E-state index in [0.29, 0.717) is 0 Å². The summed E-state index contributed by atoms with van der Waals surface area (Å²) in [5.41, 5.74) is 4.02. The van der Waals surface area contributed by atoms with Crippen molar-refractivity contribution in [2.75, 3.05) is 57.0 Å². The summed E-state index contributed by atoms with van der Waals surface area (Å²) in [6.07, 6.45) is 0. The average molecular weight is 475 g/mol. The Morgan fingerprint density at radius 1 is 0.429 bits per heavy atom. The van der Waals surface area contributed by atoms with Crippen LogP contribution in [0.5, 0.6) is 0 Å². The second-order valence-electron chi connectivity index (χ2n) is 7.79. The van der Waals surface area contributed by atoms with E-state index in [0.717, 1.165) is 0 Å². The summed E-state index contributed by atoms with van der Waals surface area (Å²) >= 11 is -2.67. The fourth-order valence-corrected chi connectivity index (χ4v) is 15.0. The molecule has 0 fully saturated rings. The van der Waals surface area contributed by atoms with Crippen molar-refractivity contribution in [2.45, 2.75) is 0 Å². The quantitative estimate of drug-likeness (QED) is 0.543. The predicted octanol–water partition coefficient (Wildman–Crippen LogP) is 2.40. The summed E-state index contributed by atoms with van der Waals surface area (Å²) in [4.78, 5) is 6.78. The van der Waals surface area contributed by atoms with Crippen LogP contribution in [0.1, 0.15) is 0 Å². The number of hydrogen-bond acceptors (Lipinski definition) is 3. The van der Waals surface area contributed by atoms with Crippen molar-refractivity contribution in [1.29, 1.82) is 0 Å². The minimum atomic E-state index is -2.67. The first kappa shape index (κ1) is 20.7. The minimum absolute atomic E-state index is 1.34. The molecule has 3 rings (SSSR count). The van der Waals surface area contributed by atoms with Gasteiger partial charge in [0.1, 0.15) is 0 Å². The number of rotatable bonds is 6. The number of hydrogen-bond donors (Lipinski definition) is 0. The van der Waals surface area contributed by atoms with Crippen molar-refractivity contribution in [3.8, 4) is 0 Å². The van der Waals surface area contributed by atoms with Gasteiger partial charge < -0.3 is 0 Å². The van der Waals surface area contributed by atoms with E-state index in [1.165, 1.54) is 27.0 Å². The van der Waals surface area contributed by atoms with Gasteiger partial charge in [-0.05, 0) is 0 Å². The Morgan fingerprint density at radius 3 is 0.929 bits per heavy atom. The van der Waals surface area contributed by atoms with Crippen molar-refractivity contribution in [1.82, 2.24) is 0 Å². The van der Waals surface area contributed by atoms with E-state index in [2.05, 4.69) is 130 Å². The summed E-state index contributed by atoms with van der Waals surface area (Å²) in [6, 6.07) is 26.9. The third-order valence-corrected chi connectivity index (χ3v) is 14.7. The van der Waals surface area contributed by atoms with E-state index < -0.39 is 21.4 Å². The van der Waals surface area contributed by atoms with E-state index in [1.54, 1.807) is 0 Å². The van der Waals surface area contributed by atoms with Gasteiger partial charge in [-0.3, -0.25) is 0 Å². The molecule has 0 amide bonds. The van der Waals surface area contributed by atoms with E-state index in [1.807, 2.05) is 0 Å². The normalized spacial score (nSPS) is 10.5. The average Bonchev–Trinajstić information content (AvgIpc) is 2.69. The molecule has 0 saturated carbocycles. The second kappa shape index (κ2) is 8.95. The van der Waals surface area contributed by atoms with Gasteiger partial charge in [0, 0.05) is 0 Å². The molecule has 0 saturated heterocycles. The molecule has 0 bridgehead atoms. The van der Waals surface area contributed by atoms with Gasteiger partial charge in [0.2, 0.25) is 0 Å². The topological polar surface area (TPSA) is 9.72 Å². The maximum atomic E-state index is 2.36. The summed E-state index contributed by atoms with van der Waals surface area (Å²) in [7, 11) is 12.9. The van der Waals surface area contributed by atoms with Crippen LogP contribution in [0, 0.1) is 0 Å². The van der Waals surface area contributed by atoms with Crippen molar-refractivity contribution >= 4 is 48.5 Å². The summed E-state index contributed by atoms with van der Waals surface area (Å²) in [5, 5.41) is 0. The zero-order valence-corrected chi connectivity index (χ0v) is 21.1. The van der Waals surface area contributed by atoms with Crippen LogP contribution in [-0.4, -0.2) is 63.7 Å². The molecule has 0 radical (unpaired) electrons. The van der Waals surface area contributed by atoms with Gasteiger partial charge in [0.15, 0.2) is 0 Å². The molecule has 0 aliphatic carbocycles. The Hall–Kier alpha value is -2.07. The fourth-order valence-electron chi connectivity index (χ4n) is 3.92. The van der Waals surface area contributed by atoms with Gasteiger partial charge in [0.05, 0.1) is 0 Å². The maximum absolute atomic E-state index is 2.67. The van der Waals surface area contributed by atoms with Crippen LogP contribution in [0.2, 0.25) is 0 Å². The first-order chi connectivity index (χ1) is 13.4. The molecule has 0 unspecified atom stereocenters. The molecule has 28 heavy (non-hydrogen) atoms. The van der Waals surface area contributed by atoms with Gasteiger partial charge in [-0.1, -0.05) is 0 Å². The van der Waals surface area contributed by atoms with Crippen LogP contribution in [-0.2, 0) is 0 Å². The van der Waals surface area contributed by atoms with Crippen molar-refractivity contribution in [2.24, 2.45) is 0 Å². The Morgan fingerprint density at radius 2 is 0.679 bits per heavy atom. The van der Waals surface area contributed by atoms with Crippen molar-refractivity contribution < 1.29 is 0 Å². The Kier molecular flexibility index (Phi) is 6.61. The second-order valence-corrected chi connectivity index (χ2v) is 15.6. The molecule has 0 spiro atoms. The summed E-state index contributed by atoms with van der Waals surface area (Å²) in [6.45, 7) is 0. The zero-order chi connectivity index (χ0) is 20.3. The van der Waals surface area contributed by atoms with Gasteiger partial charge in [0.25, 0.3) is 0 Å². The zero-order valence-electron chi connectivity index (χ0n) is 17.8. The first-order valence-corrected chi connectivity index (χ1v) is 14.6. The molecule has 0 atom stereocenters. The fraction of sp³-hybridized carbons (Fsp3) is 0.250. The van der Waals surface area contributed by atoms with Crippen LogP contribution in [0.25, 0.3) is 0 Å². The Labute approximate surface area is 177 Å². The molecule has 3 aromatic carbocycles. The molecule has 3 nitrogen and oxygen atoms in total. The van der Waals surface area contributed by atoms with Crippen LogP contribution in [0.4, 0.5) is 17.1 Å². The monoisotopic (exact) mass is 475 g/mol. The van der Waals surface area contributed by atoms with Gasteiger partial charge >= 0.3 is 178 Å². The van der Waals surface area contributed by atoms with Crippen LogP contribution in [0.3, 0.4) is 0 Å². The first-order valence-electron chi connectivity index (χ1n) is 9.70. The number of anilines is 3. The molecule has 4 heteroatoms. The number of benzene rings is 3. The van der Waals surface area contributed by atoms with Crippen molar-refractivity contribution in [3.05, 3.63) is 72.8 Å². The van der Waals surface area contributed by atoms with E-state index in [-0.39, 0.29) is 0 Å². The van der Waals surface area contributed by atoms with Crippen LogP contribution >= 0.6 is 0 Å². The molecular formula is C24H30InN3. The van der Waals surface area contributed by atoms with Crippen LogP contribution < -0.4 is 24.7 Å². The van der Waals surface area contributed by atoms with Crippen LogP contribution in [0.15, 0.2) is 72.8 Å². The predicted molar refractivity (Wildman–Crippen MR) is 127 cm³/mol. The molecule has 0 heterocycles. The molecule has 3 aromatic rings. The van der Waals surface area contributed by atoms with Crippen molar-refractivity contribution in [3.63, 3.8) is 0 Å². The summed E-state index contributed by atoms with van der Waals surface area (Å²) in [5.74, 6) is 0. The summed E-state index contributed by atoms with van der Waals surface area (Å²) < 4.78 is 4.58. The molecular weight excluding hydrogens is 445 g/mol. The standard InChI is InChI=1S/3C8H10N.In/c3*1-9(2)8-6-4-3-5-7-8;/h3*3-6H,1-2H3;. The Balaban J connectivity index is 2.35. The molecule has 0 aliphatic rings. The van der Waals surface area contributed by atoms with Gasteiger partial charge in [-0.15, -0.1) is 0 Å². The van der Waals surface area contributed by atoms with E-state index in [9.17, 15) is 0 Å². The van der Waals surface area contributed by atoms with Gasteiger partial charge in [-0.2, -0.15) is 0 Å². The molecule has 0 N–H and O–H groups in total. The number of nitrogens with zero attached hydrogens (tertiary/aromatic N) is 3. The SMILES string of the molecule is CN(C)c1cccc[c]1[In]([c]1ccccc1N(C)C)[c]1ccccc1N(C)C. The molecule has 0 aromatic heterocycles.